The molecule has 0 spiro atoms. The lowest BCUT2D eigenvalue weighted by Crippen LogP contribution is -2.28. The fourth-order valence-corrected chi connectivity index (χ4v) is 1.53. The monoisotopic (exact) mass is 320 g/mol. The van der Waals surface area contributed by atoms with Crippen LogP contribution in [-0.4, -0.2) is 31.2 Å². The van der Waals surface area contributed by atoms with Crippen molar-refractivity contribution in [3.8, 4) is 11.4 Å². The molecule has 0 radical (unpaired) electrons. The first-order chi connectivity index (χ1) is 8.47. The number of hydrogen-bond donors (Lipinski definition) is 0. The van der Waals surface area contributed by atoms with Crippen LogP contribution in [0.2, 0.25) is 0 Å². The lowest BCUT2D eigenvalue weighted by molar-refractivity contribution is -0.130. The number of benzene rings is 1. The summed E-state index contributed by atoms with van der Waals surface area (Å²) < 4.78 is 37.0. The van der Waals surface area contributed by atoms with Gasteiger partial charge >= 0.3 is 6.18 Å². The molecule has 1 aromatic carbocycles. The molecule has 0 N–H and O–H groups in total. The lowest BCUT2D eigenvalue weighted by atomic mass is 10.2. The van der Waals surface area contributed by atoms with Gasteiger partial charge in [0.05, 0.1) is 6.54 Å². The van der Waals surface area contributed by atoms with Crippen LogP contribution in [0.1, 0.15) is 0 Å². The van der Waals surface area contributed by atoms with Gasteiger partial charge in [-0.3, -0.25) is 0 Å². The number of aromatic nitrogens is 4. The van der Waals surface area contributed by atoms with Gasteiger partial charge in [0, 0.05) is 5.56 Å². The molecule has 96 valence electrons. The van der Waals surface area contributed by atoms with E-state index in [1.165, 1.54) is 0 Å². The average molecular weight is 321 g/mol. The summed E-state index contributed by atoms with van der Waals surface area (Å²) in [6, 6.07) is 8.93. The Morgan fingerprint density at radius 1 is 1.22 bits per heavy atom. The number of alkyl halides is 4. The van der Waals surface area contributed by atoms with E-state index >= 15 is 0 Å². The maximum absolute atomic E-state index is 12.3. The first-order valence-electron chi connectivity index (χ1n) is 5.01. The minimum atomic E-state index is -4.33. The summed E-state index contributed by atoms with van der Waals surface area (Å²) in [6.07, 6.45) is -4.33. The summed E-state index contributed by atoms with van der Waals surface area (Å²) in [5.41, 5.74) is 0.710. The molecule has 1 heterocycles. The van der Waals surface area contributed by atoms with Crippen molar-refractivity contribution in [1.82, 2.24) is 20.2 Å². The molecule has 0 aliphatic heterocycles. The topological polar surface area (TPSA) is 43.6 Å². The van der Waals surface area contributed by atoms with Crippen molar-refractivity contribution >= 4 is 15.9 Å². The minimum Gasteiger partial charge on any atom is -0.170 e. The van der Waals surface area contributed by atoms with Crippen molar-refractivity contribution in [3.05, 3.63) is 30.3 Å². The summed E-state index contributed by atoms with van der Waals surface area (Å²) >= 11 is 2.55. The second kappa shape index (κ2) is 5.05. The van der Waals surface area contributed by atoms with Gasteiger partial charge in [0.1, 0.15) is 4.83 Å². The van der Waals surface area contributed by atoms with Crippen LogP contribution in [0.4, 0.5) is 13.2 Å². The van der Waals surface area contributed by atoms with E-state index in [0.29, 0.717) is 11.4 Å². The van der Waals surface area contributed by atoms with Crippen LogP contribution in [-0.2, 0) is 6.54 Å². The van der Waals surface area contributed by atoms with Gasteiger partial charge in [-0.2, -0.15) is 18.0 Å². The molecule has 1 atom stereocenters. The Bertz CT molecular complexity index is 511. The van der Waals surface area contributed by atoms with E-state index in [4.69, 9.17) is 0 Å². The Hall–Kier alpha value is -1.44. The van der Waals surface area contributed by atoms with E-state index in [1.807, 2.05) is 6.07 Å². The molecule has 4 nitrogen and oxygen atoms in total. The Kier molecular flexibility index (Phi) is 3.65. The number of rotatable bonds is 3. The van der Waals surface area contributed by atoms with Gasteiger partial charge in [-0.25, -0.2) is 0 Å². The molecule has 2 rings (SSSR count). The molecule has 0 aliphatic carbocycles. The van der Waals surface area contributed by atoms with Crippen LogP contribution in [0, 0.1) is 0 Å². The number of tetrazole rings is 1. The third-order valence-electron chi connectivity index (χ3n) is 2.16. The van der Waals surface area contributed by atoms with Crippen LogP contribution in [0.5, 0.6) is 0 Å². The summed E-state index contributed by atoms with van der Waals surface area (Å²) in [7, 11) is 0. The van der Waals surface area contributed by atoms with Crippen molar-refractivity contribution in [2.45, 2.75) is 17.5 Å². The predicted molar refractivity (Wildman–Crippen MR) is 62.0 cm³/mol. The molecule has 18 heavy (non-hydrogen) atoms. The van der Waals surface area contributed by atoms with Gasteiger partial charge in [0.25, 0.3) is 0 Å². The molecule has 0 saturated carbocycles. The molecule has 8 heteroatoms. The fourth-order valence-electron chi connectivity index (χ4n) is 1.27. The van der Waals surface area contributed by atoms with Crippen LogP contribution in [0.3, 0.4) is 0 Å². The van der Waals surface area contributed by atoms with Crippen LogP contribution < -0.4 is 0 Å². The highest BCUT2D eigenvalue weighted by Crippen LogP contribution is 2.27. The number of halogens is 4. The van der Waals surface area contributed by atoms with Crippen molar-refractivity contribution in [2.24, 2.45) is 0 Å². The number of nitrogens with zero attached hydrogens (tertiary/aromatic N) is 4. The van der Waals surface area contributed by atoms with Crippen molar-refractivity contribution in [1.29, 1.82) is 0 Å². The molecule has 2 aromatic rings. The summed E-state index contributed by atoms with van der Waals surface area (Å²) in [5.74, 6) is 0.303. The largest absolute Gasteiger partial charge is 0.403 e. The quantitative estimate of drug-likeness (QED) is 0.817. The van der Waals surface area contributed by atoms with E-state index in [2.05, 4.69) is 31.3 Å². The minimum absolute atomic E-state index is 0.303. The van der Waals surface area contributed by atoms with Crippen LogP contribution >= 0.6 is 15.9 Å². The smallest absolute Gasteiger partial charge is 0.170 e. The molecular weight excluding hydrogens is 313 g/mol. The van der Waals surface area contributed by atoms with Gasteiger partial charge in [-0.05, 0) is 5.21 Å². The summed E-state index contributed by atoms with van der Waals surface area (Å²) in [5, 5.41) is 11.2. The van der Waals surface area contributed by atoms with E-state index in [0.717, 1.165) is 4.80 Å². The van der Waals surface area contributed by atoms with Gasteiger partial charge in [0.15, 0.2) is 0 Å². The van der Waals surface area contributed by atoms with Gasteiger partial charge in [-0.15, -0.1) is 10.2 Å². The first kappa shape index (κ1) is 13.0. The Labute approximate surface area is 109 Å². The molecule has 0 aliphatic rings. The maximum Gasteiger partial charge on any atom is 0.403 e. The highest BCUT2D eigenvalue weighted by molar-refractivity contribution is 9.09. The second-order valence-electron chi connectivity index (χ2n) is 3.54. The van der Waals surface area contributed by atoms with Crippen molar-refractivity contribution < 1.29 is 13.2 Å². The summed E-state index contributed by atoms with van der Waals surface area (Å²) in [6.45, 7) is -0.413. The van der Waals surface area contributed by atoms with Crippen LogP contribution in [0.15, 0.2) is 30.3 Å². The zero-order chi connectivity index (χ0) is 13.2. The molecule has 1 aromatic heterocycles. The normalized spacial score (nSPS) is 13.6. The molecule has 0 fully saturated rings. The third-order valence-corrected chi connectivity index (χ3v) is 2.97. The molecule has 0 bridgehead atoms. The Morgan fingerprint density at radius 3 is 2.50 bits per heavy atom. The van der Waals surface area contributed by atoms with Crippen molar-refractivity contribution in [2.75, 3.05) is 0 Å². The number of hydrogen-bond acceptors (Lipinski definition) is 3. The fraction of sp³-hybridized carbons (Fsp3) is 0.300. The zero-order valence-corrected chi connectivity index (χ0v) is 10.6. The second-order valence-corrected chi connectivity index (χ2v) is 4.65. The van der Waals surface area contributed by atoms with E-state index in [9.17, 15) is 13.2 Å². The maximum atomic E-state index is 12.3. The molecule has 1 unspecified atom stereocenters. The van der Waals surface area contributed by atoms with Gasteiger partial charge in [0.2, 0.25) is 5.82 Å². The standard InChI is InChI=1S/C10H8BrF3N4/c11-8(10(12,13)14)6-18-16-9(15-17-18)7-4-2-1-3-5-7/h1-5,8H,6H2. The van der Waals surface area contributed by atoms with Gasteiger partial charge < -0.3 is 0 Å². The van der Waals surface area contributed by atoms with E-state index in [-0.39, 0.29) is 0 Å². The average Bonchev–Trinajstić information content (AvgIpc) is 2.77. The van der Waals surface area contributed by atoms with E-state index in [1.54, 1.807) is 24.3 Å². The zero-order valence-electron chi connectivity index (χ0n) is 8.97. The summed E-state index contributed by atoms with van der Waals surface area (Å²) in [4.78, 5) is -0.766. The van der Waals surface area contributed by atoms with Crippen LogP contribution in [0.25, 0.3) is 11.4 Å². The first-order valence-corrected chi connectivity index (χ1v) is 5.92. The Balaban J connectivity index is 2.12. The van der Waals surface area contributed by atoms with E-state index < -0.39 is 17.5 Å². The molecule has 0 amide bonds. The van der Waals surface area contributed by atoms with Crippen molar-refractivity contribution in [3.63, 3.8) is 0 Å². The SMILES string of the molecule is FC(F)(F)C(Br)Cn1nnc(-c2ccccc2)n1. The molecule has 0 saturated heterocycles. The van der Waals surface area contributed by atoms with Gasteiger partial charge in [-0.1, -0.05) is 46.3 Å². The Morgan fingerprint density at radius 2 is 1.89 bits per heavy atom. The lowest BCUT2D eigenvalue weighted by Gasteiger charge is -2.11. The highest BCUT2D eigenvalue weighted by Gasteiger charge is 2.38. The predicted octanol–water partition coefficient (Wildman–Crippen LogP) is 2.67. The highest BCUT2D eigenvalue weighted by atomic mass is 79.9. The molecular formula is C10H8BrF3N4. The third kappa shape index (κ3) is 3.06.